The second-order valence-electron chi connectivity index (χ2n) is 6.72. The van der Waals surface area contributed by atoms with Crippen LogP contribution in [0, 0.1) is 0 Å². The number of fused-ring (bicyclic) bond motifs is 2. The van der Waals surface area contributed by atoms with E-state index in [1.165, 1.54) is 77.1 Å². The summed E-state index contributed by atoms with van der Waals surface area (Å²) in [6, 6.07) is 9.74. The summed E-state index contributed by atoms with van der Waals surface area (Å²) in [5, 5.41) is 7.64. The third-order valence-corrected chi connectivity index (χ3v) is 6.22. The van der Waals surface area contributed by atoms with Gasteiger partial charge in [-0.1, -0.05) is 48.8 Å². The summed E-state index contributed by atoms with van der Waals surface area (Å²) in [5.74, 6) is 0. The fourth-order valence-corrected chi connectivity index (χ4v) is 5.21. The fourth-order valence-electron chi connectivity index (χ4n) is 4.19. The van der Waals surface area contributed by atoms with Crippen LogP contribution in [0.5, 0.6) is 0 Å². The molecule has 3 aromatic rings. The zero-order valence-electron chi connectivity index (χ0n) is 12.7. The summed E-state index contributed by atoms with van der Waals surface area (Å²) in [6.07, 6.45) is 9.09. The van der Waals surface area contributed by atoms with Crippen molar-refractivity contribution in [3.8, 4) is 0 Å². The molecule has 2 nitrogen and oxygen atoms in total. The molecule has 2 aromatic carbocycles. The first-order valence-electron chi connectivity index (χ1n) is 8.49. The van der Waals surface area contributed by atoms with Crippen molar-refractivity contribution < 1.29 is 0 Å². The van der Waals surface area contributed by atoms with Gasteiger partial charge in [0, 0.05) is 11.4 Å². The Hall–Kier alpha value is -1.61. The fraction of sp³-hybridized carbons (Fsp3) is 0.421. The van der Waals surface area contributed by atoms with Crippen LogP contribution in [0.25, 0.3) is 21.0 Å². The van der Waals surface area contributed by atoms with E-state index in [0.717, 1.165) is 5.13 Å². The lowest BCUT2D eigenvalue weighted by molar-refractivity contribution is 0.462. The Kier molecular flexibility index (Phi) is 2.90. The Morgan fingerprint density at radius 1 is 1.05 bits per heavy atom. The SMILES string of the molecule is c1cc2c3c(cc4sc(NC5CCCCC5)nc4c3c1)CC2. The molecule has 0 saturated heterocycles. The molecule has 112 valence electrons. The number of rotatable bonds is 2. The third-order valence-electron chi connectivity index (χ3n) is 5.28. The maximum absolute atomic E-state index is 4.95. The predicted octanol–water partition coefficient (Wildman–Crippen LogP) is 5.29. The lowest BCUT2D eigenvalue weighted by atomic mass is 9.96. The molecule has 0 spiro atoms. The van der Waals surface area contributed by atoms with E-state index >= 15 is 0 Å². The summed E-state index contributed by atoms with van der Waals surface area (Å²) < 4.78 is 1.35. The molecule has 3 heteroatoms. The standard InChI is InChI=1S/C19H20N2S/c1-2-6-14(7-3-1)20-19-21-18-15-8-4-5-12-9-10-13(17(12)15)11-16(18)22-19/h4-5,8,11,14H,1-3,6-7,9-10H2,(H,20,21). The molecule has 0 radical (unpaired) electrons. The molecular weight excluding hydrogens is 288 g/mol. The smallest absolute Gasteiger partial charge is 0.184 e. The number of aromatic nitrogens is 1. The van der Waals surface area contributed by atoms with E-state index in [0.29, 0.717) is 6.04 Å². The second-order valence-corrected chi connectivity index (χ2v) is 7.75. The van der Waals surface area contributed by atoms with Gasteiger partial charge >= 0.3 is 0 Å². The van der Waals surface area contributed by atoms with Gasteiger partial charge in [-0.2, -0.15) is 0 Å². The van der Waals surface area contributed by atoms with Crippen LogP contribution < -0.4 is 5.32 Å². The van der Waals surface area contributed by atoms with Gasteiger partial charge in [0.05, 0.1) is 10.2 Å². The molecule has 0 unspecified atom stereocenters. The van der Waals surface area contributed by atoms with Gasteiger partial charge in [0.25, 0.3) is 0 Å². The first kappa shape index (κ1) is 12.9. The zero-order valence-corrected chi connectivity index (χ0v) is 13.5. The largest absolute Gasteiger partial charge is 0.359 e. The molecule has 1 saturated carbocycles. The molecule has 1 heterocycles. The highest BCUT2D eigenvalue weighted by atomic mass is 32.1. The van der Waals surface area contributed by atoms with E-state index in [4.69, 9.17) is 4.98 Å². The van der Waals surface area contributed by atoms with Crippen molar-refractivity contribution in [2.75, 3.05) is 5.32 Å². The van der Waals surface area contributed by atoms with Crippen molar-refractivity contribution >= 4 is 37.5 Å². The molecule has 0 amide bonds. The van der Waals surface area contributed by atoms with Crippen LogP contribution in [0.3, 0.4) is 0 Å². The summed E-state index contributed by atoms with van der Waals surface area (Å²) in [6.45, 7) is 0. The molecule has 5 rings (SSSR count). The van der Waals surface area contributed by atoms with Gasteiger partial charge in [-0.25, -0.2) is 4.98 Å². The Labute approximate surface area is 134 Å². The molecule has 1 aromatic heterocycles. The average molecular weight is 308 g/mol. The number of nitrogens with zero attached hydrogens (tertiary/aromatic N) is 1. The monoisotopic (exact) mass is 308 g/mol. The van der Waals surface area contributed by atoms with E-state index in [9.17, 15) is 0 Å². The van der Waals surface area contributed by atoms with Crippen LogP contribution in [0.15, 0.2) is 24.3 Å². The Bertz CT molecular complexity index is 859. The normalized spacial score (nSPS) is 18.4. The van der Waals surface area contributed by atoms with Crippen molar-refractivity contribution in [1.82, 2.24) is 4.98 Å². The minimum atomic E-state index is 0.628. The highest BCUT2D eigenvalue weighted by Gasteiger charge is 2.19. The van der Waals surface area contributed by atoms with Gasteiger partial charge in [0.1, 0.15) is 0 Å². The molecule has 2 aliphatic carbocycles. The van der Waals surface area contributed by atoms with Crippen LogP contribution in [-0.2, 0) is 12.8 Å². The first-order valence-corrected chi connectivity index (χ1v) is 9.31. The molecule has 2 aliphatic rings. The molecule has 22 heavy (non-hydrogen) atoms. The number of thiazole rings is 1. The number of hydrogen-bond acceptors (Lipinski definition) is 3. The molecule has 0 atom stereocenters. The van der Waals surface area contributed by atoms with E-state index in [2.05, 4.69) is 29.6 Å². The van der Waals surface area contributed by atoms with Crippen LogP contribution in [0.1, 0.15) is 43.2 Å². The van der Waals surface area contributed by atoms with Gasteiger partial charge in [-0.15, -0.1) is 0 Å². The number of benzene rings is 2. The van der Waals surface area contributed by atoms with Crippen LogP contribution in [0.4, 0.5) is 5.13 Å². The van der Waals surface area contributed by atoms with Crippen molar-refractivity contribution in [1.29, 1.82) is 0 Å². The molecule has 0 bridgehead atoms. The van der Waals surface area contributed by atoms with E-state index in [1.807, 2.05) is 11.3 Å². The summed E-state index contributed by atoms with van der Waals surface area (Å²) in [4.78, 5) is 4.95. The van der Waals surface area contributed by atoms with E-state index in [-0.39, 0.29) is 0 Å². The Morgan fingerprint density at radius 2 is 1.91 bits per heavy atom. The van der Waals surface area contributed by atoms with Crippen molar-refractivity contribution in [3.05, 3.63) is 35.4 Å². The maximum Gasteiger partial charge on any atom is 0.184 e. The number of anilines is 1. The lowest BCUT2D eigenvalue weighted by Gasteiger charge is -2.22. The minimum Gasteiger partial charge on any atom is -0.359 e. The van der Waals surface area contributed by atoms with Gasteiger partial charge in [-0.05, 0) is 48.3 Å². The highest BCUT2D eigenvalue weighted by molar-refractivity contribution is 7.22. The van der Waals surface area contributed by atoms with E-state index in [1.54, 1.807) is 0 Å². The lowest BCUT2D eigenvalue weighted by Crippen LogP contribution is -2.21. The quantitative estimate of drug-likeness (QED) is 0.695. The maximum atomic E-state index is 4.95. The van der Waals surface area contributed by atoms with Crippen molar-refractivity contribution in [2.45, 2.75) is 51.0 Å². The average Bonchev–Trinajstić information content (AvgIpc) is 3.14. The van der Waals surface area contributed by atoms with Crippen LogP contribution >= 0.6 is 11.3 Å². The Morgan fingerprint density at radius 3 is 2.82 bits per heavy atom. The van der Waals surface area contributed by atoms with Gasteiger partial charge < -0.3 is 5.32 Å². The van der Waals surface area contributed by atoms with Crippen LogP contribution in [0.2, 0.25) is 0 Å². The van der Waals surface area contributed by atoms with Gasteiger partial charge in [0.15, 0.2) is 5.13 Å². The van der Waals surface area contributed by atoms with Gasteiger partial charge in [-0.3, -0.25) is 0 Å². The second kappa shape index (κ2) is 4.95. The zero-order chi connectivity index (χ0) is 14.5. The third kappa shape index (κ3) is 1.95. The predicted molar refractivity (Wildman–Crippen MR) is 95.0 cm³/mol. The molecule has 1 N–H and O–H groups in total. The first-order chi connectivity index (χ1) is 10.9. The number of aryl methyl sites for hydroxylation is 2. The Balaban J connectivity index is 1.61. The minimum absolute atomic E-state index is 0.628. The summed E-state index contributed by atoms with van der Waals surface area (Å²) in [7, 11) is 0. The summed E-state index contributed by atoms with van der Waals surface area (Å²) in [5.41, 5.74) is 4.22. The summed E-state index contributed by atoms with van der Waals surface area (Å²) >= 11 is 1.84. The molecule has 1 fully saturated rings. The van der Waals surface area contributed by atoms with Crippen molar-refractivity contribution in [3.63, 3.8) is 0 Å². The van der Waals surface area contributed by atoms with Crippen molar-refractivity contribution in [2.24, 2.45) is 0 Å². The van der Waals surface area contributed by atoms with E-state index < -0.39 is 0 Å². The topological polar surface area (TPSA) is 24.9 Å². The van der Waals surface area contributed by atoms with Gasteiger partial charge in [0.2, 0.25) is 0 Å². The highest BCUT2D eigenvalue weighted by Crippen LogP contribution is 2.39. The number of nitrogens with one attached hydrogen (secondary N) is 1. The van der Waals surface area contributed by atoms with Crippen LogP contribution in [-0.4, -0.2) is 11.0 Å². The number of hydrogen-bond donors (Lipinski definition) is 1. The molecule has 0 aliphatic heterocycles. The molecular formula is C19H20N2S.